The second-order valence-corrected chi connectivity index (χ2v) is 7.95. The maximum atomic E-state index is 2.41. The molecule has 0 amide bonds. The lowest BCUT2D eigenvalue weighted by Gasteiger charge is -2.28. The number of hydrogen-bond acceptors (Lipinski definition) is 0. The highest BCUT2D eigenvalue weighted by Gasteiger charge is 2.38. The van der Waals surface area contributed by atoms with E-state index in [1.54, 1.807) is 0 Å². The molecule has 0 aromatic heterocycles. The first kappa shape index (κ1) is 13.9. The Kier molecular flexibility index (Phi) is 4.19. The maximum Gasteiger partial charge on any atom is 0.0814 e. The van der Waals surface area contributed by atoms with E-state index in [-0.39, 0.29) is 0 Å². The van der Waals surface area contributed by atoms with E-state index in [1.807, 2.05) is 0 Å². The largest absolute Gasteiger partial charge is 0.324 e. The molecule has 0 aliphatic carbocycles. The van der Waals surface area contributed by atoms with Crippen molar-refractivity contribution in [2.75, 3.05) is 52.4 Å². The topological polar surface area (TPSA) is 0 Å². The van der Waals surface area contributed by atoms with E-state index < -0.39 is 0 Å². The zero-order valence-corrected chi connectivity index (χ0v) is 13.1. The van der Waals surface area contributed by atoms with Gasteiger partial charge >= 0.3 is 0 Å². The Morgan fingerprint density at radius 1 is 0.579 bits per heavy atom. The Bertz CT molecular complexity index is 264. The quantitative estimate of drug-likeness (QED) is 0.591. The van der Waals surface area contributed by atoms with Crippen molar-refractivity contribution in [3.8, 4) is 0 Å². The predicted molar refractivity (Wildman–Crippen MR) is 80.9 cm³/mol. The third-order valence-corrected chi connectivity index (χ3v) is 6.34. The summed E-state index contributed by atoms with van der Waals surface area (Å²) >= 11 is 0. The van der Waals surface area contributed by atoms with Crippen LogP contribution in [0.2, 0.25) is 0 Å². The molecule has 1 atom stereocenters. The van der Waals surface area contributed by atoms with Crippen LogP contribution in [0.5, 0.6) is 0 Å². The van der Waals surface area contributed by atoms with Gasteiger partial charge in [0.05, 0.1) is 52.4 Å². The van der Waals surface area contributed by atoms with Crippen LogP contribution in [-0.4, -0.2) is 61.3 Å². The average Bonchev–Trinajstić information content (AvgIpc) is 3.17. The van der Waals surface area contributed by atoms with Crippen LogP contribution >= 0.6 is 0 Å². The molecule has 0 saturated carbocycles. The highest BCUT2D eigenvalue weighted by molar-refractivity contribution is 4.66. The van der Waals surface area contributed by atoms with Crippen molar-refractivity contribution in [3.63, 3.8) is 0 Å². The third-order valence-electron chi connectivity index (χ3n) is 6.34. The molecule has 19 heavy (non-hydrogen) atoms. The summed E-state index contributed by atoms with van der Waals surface area (Å²) in [6.45, 7) is 14.4. The third kappa shape index (κ3) is 3.16. The van der Waals surface area contributed by atoms with Gasteiger partial charge < -0.3 is 8.97 Å². The van der Waals surface area contributed by atoms with Crippen LogP contribution < -0.4 is 0 Å². The summed E-state index contributed by atoms with van der Waals surface area (Å²) in [6, 6.07) is 0. The maximum absolute atomic E-state index is 2.41. The lowest BCUT2D eigenvalue weighted by atomic mass is 10.2. The van der Waals surface area contributed by atoms with Crippen LogP contribution in [0.1, 0.15) is 51.9 Å². The highest BCUT2D eigenvalue weighted by Crippen LogP contribution is 2.29. The van der Waals surface area contributed by atoms with Crippen LogP contribution in [-0.2, 0) is 0 Å². The Balaban J connectivity index is 0.000000117. The fourth-order valence-corrected chi connectivity index (χ4v) is 5.21. The molecule has 4 aliphatic rings. The van der Waals surface area contributed by atoms with Crippen LogP contribution in [0, 0.1) is 5.92 Å². The molecule has 4 aliphatic heterocycles. The van der Waals surface area contributed by atoms with Gasteiger partial charge in [-0.1, -0.05) is 6.92 Å². The molecule has 4 rings (SSSR count). The van der Waals surface area contributed by atoms with Gasteiger partial charge in [0.1, 0.15) is 0 Å². The van der Waals surface area contributed by atoms with Crippen LogP contribution in [0.25, 0.3) is 0 Å². The Hall–Kier alpha value is -0.0800. The van der Waals surface area contributed by atoms with E-state index >= 15 is 0 Å². The van der Waals surface area contributed by atoms with E-state index in [9.17, 15) is 0 Å². The van der Waals surface area contributed by atoms with Gasteiger partial charge in [0.2, 0.25) is 0 Å². The lowest BCUT2D eigenvalue weighted by Crippen LogP contribution is -2.42. The molecule has 2 spiro atoms. The predicted octanol–water partition coefficient (Wildman–Crippen LogP) is 3.03. The number of nitrogens with zero attached hydrogens (tertiary/aromatic N) is 2. The average molecular weight is 266 g/mol. The van der Waals surface area contributed by atoms with Crippen molar-refractivity contribution in [2.24, 2.45) is 5.92 Å². The molecule has 2 nitrogen and oxygen atoms in total. The van der Waals surface area contributed by atoms with Gasteiger partial charge in [-0.25, -0.2) is 0 Å². The first-order valence-corrected chi connectivity index (χ1v) is 8.92. The SMILES string of the molecule is C1CC[N+]2(C1)CCCC2.CC1CC[N+]2(CCCC2)C1. The molecule has 0 bridgehead atoms. The van der Waals surface area contributed by atoms with Crippen LogP contribution in [0.4, 0.5) is 0 Å². The second-order valence-electron chi connectivity index (χ2n) is 7.95. The Labute approximate surface area is 120 Å². The standard InChI is InChI=1S/C9H18N.C8H16N/c1-9-4-7-10(8-9)5-2-3-6-10;1-2-6-9(5-1)7-3-4-8-9/h9H,2-8H2,1H3;1-8H2/q2*+1. The highest BCUT2D eigenvalue weighted by atomic mass is 15.4. The summed E-state index contributed by atoms with van der Waals surface area (Å²) in [5.41, 5.74) is 0. The first-order valence-electron chi connectivity index (χ1n) is 8.92. The molecule has 2 heteroatoms. The van der Waals surface area contributed by atoms with Crippen molar-refractivity contribution < 1.29 is 8.97 Å². The second kappa shape index (κ2) is 5.73. The van der Waals surface area contributed by atoms with Crippen molar-refractivity contribution >= 4 is 0 Å². The van der Waals surface area contributed by atoms with Crippen molar-refractivity contribution in [2.45, 2.75) is 51.9 Å². The summed E-state index contributed by atoms with van der Waals surface area (Å²) in [5, 5.41) is 0. The summed E-state index contributed by atoms with van der Waals surface area (Å²) in [5.74, 6) is 1.01. The number of rotatable bonds is 0. The fourth-order valence-electron chi connectivity index (χ4n) is 5.21. The normalized spacial score (nSPS) is 34.9. The van der Waals surface area contributed by atoms with Gasteiger partial charge in [-0.15, -0.1) is 0 Å². The van der Waals surface area contributed by atoms with Crippen molar-refractivity contribution in [1.29, 1.82) is 0 Å². The van der Waals surface area contributed by atoms with Gasteiger partial charge in [-0.3, -0.25) is 0 Å². The van der Waals surface area contributed by atoms with E-state index in [4.69, 9.17) is 0 Å². The zero-order valence-electron chi connectivity index (χ0n) is 13.1. The Morgan fingerprint density at radius 3 is 1.37 bits per heavy atom. The van der Waals surface area contributed by atoms with Gasteiger partial charge in [0.15, 0.2) is 0 Å². The summed E-state index contributed by atoms with van der Waals surface area (Å²) < 4.78 is 2.99. The van der Waals surface area contributed by atoms with Crippen LogP contribution in [0.3, 0.4) is 0 Å². The molecule has 0 N–H and O–H groups in total. The molecule has 4 heterocycles. The molecule has 0 radical (unpaired) electrons. The van der Waals surface area contributed by atoms with Crippen LogP contribution in [0.15, 0.2) is 0 Å². The minimum absolute atomic E-state index is 1.01. The first-order chi connectivity index (χ1) is 9.22. The molecular weight excluding hydrogens is 232 g/mol. The minimum atomic E-state index is 1.01. The number of hydrogen-bond donors (Lipinski definition) is 0. The zero-order chi connectivity index (χ0) is 13.2. The molecular formula is C17H34N2+2. The lowest BCUT2D eigenvalue weighted by molar-refractivity contribution is -0.906. The van der Waals surface area contributed by atoms with E-state index in [0.717, 1.165) is 5.92 Å². The summed E-state index contributed by atoms with van der Waals surface area (Å²) in [6.07, 6.45) is 10.5. The summed E-state index contributed by atoms with van der Waals surface area (Å²) in [7, 11) is 0. The summed E-state index contributed by atoms with van der Waals surface area (Å²) in [4.78, 5) is 0. The van der Waals surface area contributed by atoms with E-state index in [0.29, 0.717) is 0 Å². The minimum Gasteiger partial charge on any atom is -0.324 e. The van der Waals surface area contributed by atoms with E-state index in [1.165, 1.54) is 106 Å². The molecule has 4 saturated heterocycles. The molecule has 1 unspecified atom stereocenters. The monoisotopic (exact) mass is 266 g/mol. The molecule has 0 aromatic carbocycles. The fraction of sp³-hybridized carbons (Fsp3) is 1.00. The van der Waals surface area contributed by atoms with Gasteiger partial charge in [0.25, 0.3) is 0 Å². The van der Waals surface area contributed by atoms with Gasteiger partial charge in [-0.05, 0) is 0 Å². The Morgan fingerprint density at radius 2 is 1.00 bits per heavy atom. The molecule has 4 fully saturated rings. The molecule has 110 valence electrons. The van der Waals surface area contributed by atoms with Crippen molar-refractivity contribution in [1.82, 2.24) is 0 Å². The van der Waals surface area contributed by atoms with E-state index in [2.05, 4.69) is 6.92 Å². The molecule has 0 aromatic rings. The van der Waals surface area contributed by atoms with Gasteiger partial charge in [-0.2, -0.15) is 0 Å². The van der Waals surface area contributed by atoms with Gasteiger partial charge in [0, 0.05) is 50.9 Å². The smallest absolute Gasteiger partial charge is 0.0814 e. The van der Waals surface area contributed by atoms with Crippen molar-refractivity contribution in [3.05, 3.63) is 0 Å². The number of quaternary nitrogens is 2.